The van der Waals surface area contributed by atoms with Crippen LogP contribution in [0.3, 0.4) is 0 Å². The zero-order valence-electron chi connectivity index (χ0n) is 18.4. The van der Waals surface area contributed by atoms with Crippen LogP contribution < -0.4 is 9.80 Å². The van der Waals surface area contributed by atoms with Crippen molar-refractivity contribution in [3.63, 3.8) is 0 Å². The molecular formula is C30H26N2O. The van der Waals surface area contributed by atoms with Crippen LogP contribution in [0, 0.1) is 0 Å². The van der Waals surface area contributed by atoms with E-state index in [9.17, 15) is 4.79 Å². The number of nitrogens with zero attached hydrogens (tertiary/aromatic N) is 2. The van der Waals surface area contributed by atoms with Crippen molar-refractivity contribution in [1.29, 1.82) is 0 Å². The summed E-state index contributed by atoms with van der Waals surface area (Å²) in [5.74, 6) is 0.147. The molecule has 1 aliphatic carbocycles. The van der Waals surface area contributed by atoms with Crippen LogP contribution in [0.1, 0.15) is 6.42 Å². The zero-order valence-corrected chi connectivity index (χ0v) is 18.4. The second-order valence-corrected chi connectivity index (χ2v) is 8.17. The van der Waals surface area contributed by atoms with Gasteiger partial charge in [-0.1, -0.05) is 78.9 Å². The van der Waals surface area contributed by atoms with Gasteiger partial charge in [-0.3, -0.25) is 4.79 Å². The average Bonchev–Trinajstić information content (AvgIpc) is 2.88. The Morgan fingerprint density at radius 1 is 0.515 bits per heavy atom. The van der Waals surface area contributed by atoms with E-state index in [1.165, 1.54) is 0 Å². The van der Waals surface area contributed by atoms with Gasteiger partial charge in [0.2, 0.25) is 0 Å². The lowest BCUT2D eigenvalue weighted by Gasteiger charge is -2.44. The van der Waals surface area contributed by atoms with E-state index in [2.05, 4.69) is 88.7 Å². The van der Waals surface area contributed by atoms with Crippen molar-refractivity contribution in [2.24, 2.45) is 0 Å². The van der Waals surface area contributed by atoms with Gasteiger partial charge in [0.15, 0.2) is 5.78 Å². The Balaban J connectivity index is 1.67. The second kappa shape index (κ2) is 9.58. The van der Waals surface area contributed by atoms with Crippen LogP contribution in [-0.4, -0.2) is 17.9 Å². The summed E-state index contributed by atoms with van der Waals surface area (Å²) >= 11 is 0. The molecular weight excluding hydrogens is 404 g/mol. The van der Waals surface area contributed by atoms with E-state index in [0.29, 0.717) is 6.42 Å². The highest BCUT2D eigenvalue weighted by Gasteiger charge is 2.36. The number of hydrogen-bond donors (Lipinski definition) is 0. The molecule has 4 aromatic carbocycles. The molecule has 1 aliphatic rings. The molecule has 3 nitrogen and oxygen atoms in total. The van der Waals surface area contributed by atoms with Crippen molar-refractivity contribution < 1.29 is 4.79 Å². The lowest BCUT2D eigenvalue weighted by atomic mass is 9.91. The van der Waals surface area contributed by atoms with Crippen molar-refractivity contribution in [2.45, 2.75) is 18.5 Å². The number of benzene rings is 4. The van der Waals surface area contributed by atoms with Gasteiger partial charge in [-0.25, -0.2) is 0 Å². The SMILES string of the molecule is O=C1C=CC(N(c2ccccc2)c2ccccc2)C(N(c2ccccc2)c2ccccc2)C1. The first-order chi connectivity index (χ1) is 16.3. The molecule has 0 saturated heterocycles. The van der Waals surface area contributed by atoms with E-state index in [0.717, 1.165) is 22.7 Å². The van der Waals surface area contributed by atoms with Crippen LogP contribution >= 0.6 is 0 Å². The Morgan fingerprint density at radius 2 is 0.879 bits per heavy atom. The summed E-state index contributed by atoms with van der Waals surface area (Å²) in [5.41, 5.74) is 4.34. The fraction of sp³-hybridized carbons (Fsp3) is 0.100. The van der Waals surface area contributed by atoms with Crippen molar-refractivity contribution in [3.8, 4) is 0 Å². The van der Waals surface area contributed by atoms with Gasteiger partial charge < -0.3 is 9.80 Å². The molecule has 0 bridgehead atoms. The van der Waals surface area contributed by atoms with E-state index in [1.54, 1.807) is 6.08 Å². The summed E-state index contributed by atoms with van der Waals surface area (Å²) in [5, 5.41) is 0. The maximum atomic E-state index is 12.7. The molecule has 0 spiro atoms. The van der Waals surface area contributed by atoms with Crippen molar-refractivity contribution in [3.05, 3.63) is 133 Å². The third-order valence-corrected chi connectivity index (χ3v) is 6.05. The van der Waals surface area contributed by atoms with Gasteiger partial charge in [0.05, 0.1) is 12.1 Å². The molecule has 0 saturated carbocycles. The fourth-order valence-electron chi connectivity index (χ4n) is 4.61. The second-order valence-electron chi connectivity index (χ2n) is 8.17. The van der Waals surface area contributed by atoms with E-state index < -0.39 is 0 Å². The number of ketones is 1. The van der Waals surface area contributed by atoms with Gasteiger partial charge in [0, 0.05) is 29.2 Å². The Kier molecular flexibility index (Phi) is 6.03. The van der Waals surface area contributed by atoms with Crippen LogP contribution in [-0.2, 0) is 4.79 Å². The normalized spacial score (nSPS) is 17.5. The van der Waals surface area contributed by atoms with Gasteiger partial charge in [-0.2, -0.15) is 0 Å². The van der Waals surface area contributed by atoms with Gasteiger partial charge >= 0.3 is 0 Å². The molecule has 0 heterocycles. The Bertz CT molecular complexity index is 1130. The number of allylic oxidation sites excluding steroid dienone is 1. The highest BCUT2D eigenvalue weighted by molar-refractivity contribution is 5.93. The molecule has 0 amide bonds. The lowest BCUT2D eigenvalue weighted by Crippen LogP contribution is -2.50. The minimum Gasteiger partial charge on any atom is -0.335 e. The number of para-hydroxylation sites is 4. The Labute approximate surface area is 195 Å². The molecule has 0 N–H and O–H groups in total. The van der Waals surface area contributed by atoms with Gasteiger partial charge in [-0.15, -0.1) is 0 Å². The molecule has 0 radical (unpaired) electrons. The van der Waals surface area contributed by atoms with E-state index in [1.807, 2.05) is 48.5 Å². The van der Waals surface area contributed by atoms with E-state index in [4.69, 9.17) is 0 Å². The maximum absolute atomic E-state index is 12.7. The van der Waals surface area contributed by atoms with Crippen LogP contribution in [0.25, 0.3) is 0 Å². The number of hydrogen-bond acceptors (Lipinski definition) is 3. The highest BCUT2D eigenvalue weighted by Crippen LogP contribution is 2.37. The van der Waals surface area contributed by atoms with Crippen molar-refractivity contribution in [1.82, 2.24) is 0 Å². The Hall–Kier alpha value is -4.11. The van der Waals surface area contributed by atoms with E-state index in [-0.39, 0.29) is 17.9 Å². The van der Waals surface area contributed by atoms with Gasteiger partial charge in [-0.05, 0) is 54.6 Å². The van der Waals surface area contributed by atoms with Crippen LogP contribution in [0.4, 0.5) is 22.7 Å². The number of carbonyl (C=O) groups is 1. The molecule has 5 rings (SSSR count). The molecule has 33 heavy (non-hydrogen) atoms. The predicted octanol–water partition coefficient (Wildman–Crippen LogP) is 6.93. The van der Waals surface area contributed by atoms with Crippen LogP contribution in [0.2, 0.25) is 0 Å². The van der Waals surface area contributed by atoms with E-state index >= 15 is 0 Å². The van der Waals surface area contributed by atoms with Crippen LogP contribution in [0.15, 0.2) is 133 Å². The smallest absolute Gasteiger partial charge is 0.157 e. The summed E-state index contributed by atoms with van der Waals surface area (Å²) in [4.78, 5) is 17.4. The fourth-order valence-corrected chi connectivity index (χ4v) is 4.61. The lowest BCUT2D eigenvalue weighted by molar-refractivity contribution is -0.115. The number of anilines is 4. The topological polar surface area (TPSA) is 23.6 Å². The van der Waals surface area contributed by atoms with Crippen LogP contribution in [0.5, 0.6) is 0 Å². The first kappa shape index (κ1) is 20.8. The highest BCUT2D eigenvalue weighted by atomic mass is 16.1. The molecule has 2 atom stereocenters. The average molecular weight is 431 g/mol. The zero-order chi connectivity index (χ0) is 22.5. The molecule has 3 heteroatoms. The summed E-state index contributed by atoms with van der Waals surface area (Å²) < 4.78 is 0. The minimum atomic E-state index is -0.0901. The summed E-state index contributed by atoms with van der Waals surface area (Å²) in [6.45, 7) is 0. The minimum absolute atomic E-state index is 0.0482. The summed E-state index contributed by atoms with van der Waals surface area (Å²) in [7, 11) is 0. The number of rotatable bonds is 6. The molecule has 2 unspecified atom stereocenters. The summed E-state index contributed by atoms with van der Waals surface area (Å²) in [6.07, 6.45) is 4.24. The largest absolute Gasteiger partial charge is 0.335 e. The Morgan fingerprint density at radius 3 is 1.27 bits per heavy atom. The third-order valence-electron chi connectivity index (χ3n) is 6.05. The molecule has 0 aliphatic heterocycles. The molecule has 4 aromatic rings. The predicted molar refractivity (Wildman–Crippen MR) is 136 cm³/mol. The standard InChI is InChI=1S/C30H26N2O/c33-28-21-22-29(31(24-13-5-1-6-14-24)25-15-7-2-8-16-25)30(23-28)32(26-17-9-3-10-18-26)27-19-11-4-12-20-27/h1-22,29-30H,23H2. The van der Waals surface area contributed by atoms with Gasteiger partial charge in [0.1, 0.15) is 0 Å². The number of carbonyl (C=O) groups excluding carboxylic acids is 1. The summed E-state index contributed by atoms with van der Waals surface area (Å²) in [6, 6.07) is 41.4. The molecule has 0 aromatic heterocycles. The van der Waals surface area contributed by atoms with Crippen molar-refractivity contribution in [2.75, 3.05) is 9.80 Å². The third kappa shape index (κ3) is 4.44. The molecule has 0 fully saturated rings. The first-order valence-corrected chi connectivity index (χ1v) is 11.3. The quantitative estimate of drug-likeness (QED) is 0.331. The first-order valence-electron chi connectivity index (χ1n) is 11.3. The van der Waals surface area contributed by atoms with Crippen molar-refractivity contribution >= 4 is 28.5 Å². The monoisotopic (exact) mass is 430 g/mol. The maximum Gasteiger partial charge on any atom is 0.157 e. The molecule has 162 valence electrons. The van der Waals surface area contributed by atoms with Gasteiger partial charge in [0.25, 0.3) is 0 Å².